The molecule has 1 aromatic heterocycles. The van der Waals surface area contributed by atoms with Gasteiger partial charge in [0.05, 0.1) is 38.1 Å². The number of hydrogen-bond donors (Lipinski definition) is 2. The zero-order valence-electron chi connectivity index (χ0n) is 16.5. The van der Waals surface area contributed by atoms with E-state index >= 15 is 0 Å². The van der Waals surface area contributed by atoms with Crippen molar-refractivity contribution >= 4 is 34.2 Å². The summed E-state index contributed by atoms with van der Waals surface area (Å²) in [5.41, 5.74) is 2.06. The van der Waals surface area contributed by atoms with Crippen LogP contribution in [-0.4, -0.2) is 53.6 Å². The maximum atomic E-state index is 12.6. The van der Waals surface area contributed by atoms with Crippen molar-refractivity contribution in [3.05, 3.63) is 42.2 Å². The lowest BCUT2D eigenvalue weighted by Crippen LogP contribution is -2.52. The van der Waals surface area contributed by atoms with Crippen LogP contribution in [0.25, 0.3) is 10.9 Å². The maximum absolute atomic E-state index is 12.6. The summed E-state index contributed by atoms with van der Waals surface area (Å²) in [7, 11) is 1.55. The van der Waals surface area contributed by atoms with Gasteiger partial charge in [-0.3, -0.25) is 4.90 Å². The number of nitrogens with one attached hydrogen (secondary N) is 1. The van der Waals surface area contributed by atoms with Crippen LogP contribution in [-0.2, 0) is 9.47 Å². The molecule has 2 N–H and O–H groups in total. The number of benzene rings is 2. The number of anilines is 3. The summed E-state index contributed by atoms with van der Waals surface area (Å²) in [4.78, 5) is 22.8. The van der Waals surface area contributed by atoms with Crippen molar-refractivity contribution in [3.8, 4) is 11.5 Å². The van der Waals surface area contributed by atoms with Crippen LogP contribution in [0, 0.1) is 6.92 Å². The van der Waals surface area contributed by atoms with E-state index in [1.807, 2.05) is 19.1 Å². The summed E-state index contributed by atoms with van der Waals surface area (Å²) < 4.78 is 16.3. The molecule has 0 atom stereocenters. The predicted molar refractivity (Wildman–Crippen MR) is 110 cm³/mol. The van der Waals surface area contributed by atoms with Gasteiger partial charge in [-0.25, -0.2) is 14.8 Å². The van der Waals surface area contributed by atoms with Crippen molar-refractivity contribution in [2.45, 2.75) is 12.5 Å². The van der Waals surface area contributed by atoms with Crippen LogP contribution in [0.1, 0.15) is 5.56 Å². The van der Waals surface area contributed by atoms with E-state index < -0.39 is 11.7 Å². The van der Waals surface area contributed by atoms with Gasteiger partial charge < -0.3 is 24.6 Å². The minimum Gasteiger partial charge on any atom is -0.508 e. The van der Waals surface area contributed by atoms with E-state index in [2.05, 4.69) is 15.3 Å². The SMILES string of the molecule is COc1cc2ncnc(Nc3cccc(O)c3C)c2cc1N1CC2(COC2)OC1=O. The number of phenolic OH excluding ortho intramolecular Hbond substituents is 1. The third-order valence-electron chi connectivity index (χ3n) is 5.49. The molecule has 0 saturated carbocycles. The minimum absolute atomic E-state index is 0.188. The second kappa shape index (κ2) is 6.74. The molecule has 2 saturated heterocycles. The Bertz CT molecular complexity index is 1160. The van der Waals surface area contributed by atoms with Crippen LogP contribution in [0.5, 0.6) is 11.5 Å². The summed E-state index contributed by atoms with van der Waals surface area (Å²) in [6, 6.07) is 8.81. The number of methoxy groups -OCH3 is 1. The number of fused-ring (bicyclic) bond motifs is 1. The number of phenols is 1. The zero-order valence-corrected chi connectivity index (χ0v) is 16.5. The molecule has 0 aliphatic carbocycles. The maximum Gasteiger partial charge on any atom is 0.415 e. The molecule has 0 bridgehead atoms. The topological polar surface area (TPSA) is 106 Å². The lowest BCUT2D eigenvalue weighted by atomic mass is 10.0. The summed E-state index contributed by atoms with van der Waals surface area (Å²) in [6.07, 6.45) is 1.01. The van der Waals surface area contributed by atoms with E-state index in [9.17, 15) is 9.90 Å². The van der Waals surface area contributed by atoms with Gasteiger partial charge in [0.2, 0.25) is 0 Å². The molecule has 9 heteroatoms. The Hall–Kier alpha value is -3.59. The molecule has 2 aliphatic rings. The van der Waals surface area contributed by atoms with Gasteiger partial charge in [-0.1, -0.05) is 6.07 Å². The first kappa shape index (κ1) is 18.4. The standard InChI is InChI=1S/C21H20N4O5/c1-12-14(4-3-5-17(12)26)24-19-13-6-16(18(28-2)7-15(13)22-11-23-19)25-8-21(9-29-10-21)30-20(25)27/h3-7,11,26H,8-10H2,1-2H3,(H,22,23,24). The number of aromatic hydroxyl groups is 1. The first-order valence-electron chi connectivity index (χ1n) is 9.46. The fourth-order valence-electron chi connectivity index (χ4n) is 3.72. The number of ether oxygens (including phenoxy) is 3. The average Bonchev–Trinajstić information content (AvgIpc) is 3.08. The summed E-state index contributed by atoms with van der Waals surface area (Å²) >= 11 is 0. The fraction of sp³-hybridized carbons (Fsp3) is 0.286. The van der Waals surface area contributed by atoms with E-state index in [-0.39, 0.29) is 5.75 Å². The predicted octanol–water partition coefficient (Wildman–Crippen LogP) is 3.12. The molecule has 3 aromatic rings. The normalized spacial score (nSPS) is 17.1. The van der Waals surface area contributed by atoms with Gasteiger partial charge in [0.1, 0.15) is 23.6 Å². The third kappa shape index (κ3) is 2.86. The first-order valence-corrected chi connectivity index (χ1v) is 9.46. The average molecular weight is 408 g/mol. The second-order valence-electron chi connectivity index (χ2n) is 7.47. The van der Waals surface area contributed by atoms with Crippen molar-refractivity contribution in [2.75, 3.05) is 37.1 Å². The van der Waals surface area contributed by atoms with Crippen molar-refractivity contribution < 1.29 is 24.1 Å². The molecule has 5 rings (SSSR count). The molecule has 30 heavy (non-hydrogen) atoms. The molecular weight excluding hydrogens is 388 g/mol. The first-order chi connectivity index (χ1) is 14.5. The Morgan fingerprint density at radius 3 is 2.80 bits per heavy atom. The van der Waals surface area contributed by atoms with Crippen LogP contribution in [0.2, 0.25) is 0 Å². The number of nitrogens with zero attached hydrogens (tertiary/aromatic N) is 3. The number of carbonyl (C=O) groups excluding carboxylic acids is 1. The van der Waals surface area contributed by atoms with Crippen LogP contribution in [0.4, 0.5) is 22.0 Å². The smallest absolute Gasteiger partial charge is 0.415 e. The largest absolute Gasteiger partial charge is 0.508 e. The lowest BCUT2D eigenvalue weighted by Gasteiger charge is -2.34. The number of aromatic nitrogens is 2. The van der Waals surface area contributed by atoms with Crippen molar-refractivity contribution in [1.29, 1.82) is 0 Å². The lowest BCUT2D eigenvalue weighted by molar-refractivity contribution is -0.155. The van der Waals surface area contributed by atoms with E-state index in [1.54, 1.807) is 30.2 Å². The van der Waals surface area contributed by atoms with Gasteiger partial charge in [-0.15, -0.1) is 0 Å². The minimum atomic E-state index is -0.593. The van der Waals surface area contributed by atoms with E-state index in [0.717, 1.165) is 5.69 Å². The Kier molecular flexibility index (Phi) is 4.14. The van der Waals surface area contributed by atoms with Gasteiger partial charge in [0, 0.05) is 22.7 Å². The van der Waals surface area contributed by atoms with Gasteiger partial charge in [-0.2, -0.15) is 0 Å². The van der Waals surface area contributed by atoms with Crippen molar-refractivity contribution in [2.24, 2.45) is 0 Å². The van der Waals surface area contributed by atoms with E-state index in [0.29, 0.717) is 53.5 Å². The Balaban J connectivity index is 1.59. The van der Waals surface area contributed by atoms with Gasteiger partial charge >= 0.3 is 6.09 Å². The van der Waals surface area contributed by atoms with Crippen molar-refractivity contribution in [3.63, 3.8) is 0 Å². The third-order valence-corrected chi connectivity index (χ3v) is 5.49. The molecule has 154 valence electrons. The van der Waals surface area contributed by atoms with E-state index in [1.165, 1.54) is 6.33 Å². The fourth-order valence-corrected chi connectivity index (χ4v) is 3.72. The number of rotatable bonds is 4. The molecule has 0 radical (unpaired) electrons. The highest BCUT2D eigenvalue weighted by molar-refractivity contribution is 6.00. The Labute approximate surface area is 172 Å². The molecule has 2 aromatic carbocycles. The Morgan fingerprint density at radius 2 is 2.10 bits per heavy atom. The molecule has 0 unspecified atom stereocenters. The van der Waals surface area contributed by atoms with Crippen molar-refractivity contribution in [1.82, 2.24) is 9.97 Å². The summed E-state index contributed by atoms with van der Waals surface area (Å²) in [5, 5.41) is 14.0. The van der Waals surface area contributed by atoms with Crippen LogP contribution < -0.4 is 15.0 Å². The number of amides is 1. The van der Waals surface area contributed by atoms with E-state index in [4.69, 9.17) is 14.2 Å². The van der Waals surface area contributed by atoms with Gasteiger partial charge in [-0.05, 0) is 25.1 Å². The monoisotopic (exact) mass is 408 g/mol. The van der Waals surface area contributed by atoms with Gasteiger partial charge in [0.15, 0.2) is 5.60 Å². The highest BCUT2D eigenvalue weighted by Gasteiger charge is 2.52. The highest BCUT2D eigenvalue weighted by atomic mass is 16.6. The van der Waals surface area contributed by atoms with Gasteiger partial charge in [0.25, 0.3) is 0 Å². The molecule has 2 fully saturated rings. The molecule has 9 nitrogen and oxygen atoms in total. The summed E-state index contributed by atoms with van der Waals surface area (Å²) in [6.45, 7) is 2.97. The quantitative estimate of drug-likeness (QED) is 0.678. The molecular formula is C21H20N4O5. The summed E-state index contributed by atoms with van der Waals surface area (Å²) in [5.74, 6) is 1.25. The molecule has 2 aliphatic heterocycles. The molecule has 1 amide bonds. The highest BCUT2D eigenvalue weighted by Crippen LogP contribution is 2.40. The second-order valence-corrected chi connectivity index (χ2v) is 7.47. The van der Waals surface area contributed by atoms with Crippen LogP contribution >= 0.6 is 0 Å². The van der Waals surface area contributed by atoms with Crippen LogP contribution in [0.3, 0.4) is 0 Å². The molecule has 3 heterocycles. The Morgan fingerprint density at radius 1 is 1.27 bits per heavy atom. The van der Waals surface area contributed by atoms with Crippen LogP contribution in [0.15, 0.2) is 36.7 Å². The zero-order chi connectivity index (χ0) is 20.9. The molecule has 1 spiro atoms. The number of carbonyl (C=O) groups is 1. The number of hydrogen-bond acceptors (Lipinski definition) is 8.